The number of aliphatic hydroxyl groups is 7. The topological polar surface area (TPSA) is 169 Å². The van der Waals surface area contributed by atoms with Crippen LogP contribution < -0.4 is 0 Å². The minimum atomic E-state index is -1.79. The van der Waals surface area contributed by atoms with Crippen molar-refractivity contribution in [2.24, 2.45) is 0 Å². The van der Waals surface area contributed by atoms with E-state index < -0.39 is 74.7 Å². The maximum absolute atomic E-state index is 12.8. The molecule has 11 heteroatoms. The van der Waals surface area contributed by atoms with Crippen LogP contribution in [-0.4, -0.2) is 110 Å². The second kappa shape index (κ2) is 7.61. The van der Waals surface area contributed by atoms with Gasteiger partial charge >= 0.3 is 0 Å². The molecular weight excluding hydrogens is 323 g/mol. The zero-order valence-electron chi connectivity index (χ0n) is 11.9. The fourth-order valence-electron chi connectivity index (χ4n) is 2.53. The molecule has 0 aliphatic carbocycles. The number of hydrogen-bond donors (Lipinski definition) is 7. The average molecular weight is 344 g/mol. The van der Waals surface area contributed by atoms with Gasteiger partial charge in [0.25, 0.3) is 0 Å². The lowest BCUT2D eigenvalue weighted by Gasteiger charge is -2.44. The molecule has 10 nitrogen and oxygen atoms in total. The molecule has 10 atom stereocenters. The molecule has 0 radical (unpaired) electrons. The van der Waals surface area contributed by atoms with Gasteiger partial charge in [-0.1, -0.05) is 0 Å². The number of ether oxygens (including phenoxy) is 3. The van der Waals surface area contributed by atoms with Crippen molar-refractivity contribution in [1.29, 1.82) is 0 Å². The van der Waals surface area contributed by atoms with Crippen LogP contribution in [0.4, 0.5) is 4.39 Å². The lowest BCUT2D eigenvalue weighted by Crippen LogP contribution is -2.64. The Balaban J connectivity index is 2.08. The standard InChI is InChI=1S/C12H21FO10/c13-1-3-5(15)7(17)9(19)12(22-3)23-10-8(18)6(16)4(2-14)21-11(10)20/h3-12,14-20H,1-2H2/t3-,4-,5-,6-,7+,8+,9+,10+,11+,12-/m1/s1. The Labute approximate surface area is 130 Å². The first kappa shape index (κ1) is 18.9. The van der Waals surface area contributed by atoms with Crippen LogP contribution in [0.1, 0.15) is 0 Å². The van der Waals surface area contributed by atoms with Gasteiger partial charge in [-0.15, -0.1) is 0 Å². The summed E-state index contributed by atoms with van der Waals surface area (Å²) in [4.78, 5) is 0. The van der Waals surface area contributed by atoms with Crippen LogP contribution in [0.15, 0.2) is 0 Å². The second-order valence-electron chi connectivity index (χ2n) is 5.50. The molecule has 0 aromatic rings. The van der Waals surface area contributed by atoms with Gasteiger partial charge in [-0.2, -0.15) is 0 Å². The summed E-state index contributed by atoms with van der Waals surface area (Å²) in [6.45, 7) is -1.84. The summed E-state index contributed by atoms with van der Waals surface area (Å²) in [5.41, 5.74) is 0. The van der Waals surface area contributed by atoms with E-state index in [-0.39, 0.29) is 0 Å². The molecule has 23 heavy (non-hydrogen) atoms. The van der Waals surface area contributed by atoms with Crippen molar-refractivity contribution in [2.75, 3.05) is 13.3 Å². The Kier molecular flexibility index (Phi) is 6.24. The fourth-order valence-corrected chi connectivity index (χ4v) is 2.53. The highest BCUT2D eigenvalue weighted by atomic mass is 19.1. The number of aliphatic hydroxyl groups excluding tert-OH is 7. The lowest BCUT2D eigenvalue weighted by molar-refractivity contribution is -0.360. The molecule has 0 saturated carbocycles. The summed E-state index contributed by atoms with van der Waals surface area (Å²) in [5, 5.41) is 67.3. The molecule has 2 aliphatic heterocycles. The van der Waals surface area contributed by atoms with Gasteiger partial charge in [0, 0.05) is 0 Å². The highest BCUT2D eigenvalue weighted by Gasteiger charge is 2.50. The molecule has 7 N–H and O–H groups in total. The van der Waals surface area contributed by atoms with E-state index in [0.29, 0.717) is 0 Å². The summed E-state index contributed by atoms with van der Waals surface area (Å²) in [6.07, 6.45) is -16.4. The van der Waals surface area contributed by atoms with Crippen molar-refractivity contribution in [2.45, 2.75) is 61.4 Å². The third-order valence-corrected chi connectivity index (χ3v) is 3.95. The molecule has 0 aromatic heterocycles. The Morgan fingerprint density at radius 3 is 1.96 bits per heavy atom. The normalized spacial score (nSPS) is 51.7. The number of alkyl halides is 1. The van der Waals surface area contributed by atoms with Gasteiger partial charge in [-0.3, -0.25) is 0 Å². The summed E-state index contributed by atoms with van der Waals surface area (Å²) >= 11 is 0. The summed E-state index contributed by atoms with van der Waals surface area (Å²) in [7, 11) is 0. The maximum atomic E-state index is 12.8. The van der Waals surface area contributed by atoms with E-state index in [2.05, 4.69) is 0 Å². The molecule has 2 saturated heterocycles. The highest BCUT2D eigenvalue weighted by molar-refractivity contribution is 4.93. The maximum Gasteiger partial charge on any atom is 0.187 e. The minimum Gasteiger partial charge on any atom is -0.394 e. The van der Waals surface area contributed by atoms with Gasteiger partial charge in [-0.05, 0) is 0 Å². The molecule has 2 rings (SSSR count). The average Bonchev–Trinajstić information content (AvgIpc) is 2.54. The zero-order chi connectivity index (χ0) is 17.3. The Morgan fingerprint density at radius 2 is 1.39 bits per heavy atom. The van der Waals surface area contributed by atoms with Gasteiger partial charge in [0.2, 0.25) is 0 Å². The van der Waals surface area contributed by atoms with Gasteiger partial charge < -0.3 is 50.0 Å². The van der Waals surface area contributed by atoms with Crippen LogP contribution in [0.3, 0.4) is 0 Å². The zero-order valence-corrected chi connectivity index (χ0v) is 11.9. The summed E-state index contributed by atoms with van der Waals surface area (Å²) in [5.74, 6) is 0. The predicted octanol–water partition coefficient (Wildman–Crippen LogP) is -4.42. The lowest BCUT2D eigenvalue weighted by atomic mass is 9.97. The first-order valence-corrected chi connectivity index (χ1v) is 7.03. The van der Waals surface area contributed by atoms with Gasteiger partial charge in [0.1, 0.15) is 55.5 Å². The summed E-state index contributed by atoms with van der Waals surface area (Å²) < 4.78 is 27.7. The van der Waals surface area contributed by atoms with Crippen LogP contribution in [0, 0.1) is 0 Å². The van der Waals surface area contributed by atoms with Crippen molar-refractivity contribution in [1.82, 2.24) is 0 Å². The molecule has 0 spiro atoms. The first-order valence-electron chi connectivity index (χ1n) is 7.03. The van der Waals surface area contributed by atoms with Crippen LogP contribution in [0.2, 0.25) is 0 Å². The van der Waals surface area contributed by atoms with E-state index in [9.17, 15) is 35.0 Å². The quantitative estimate of drug-likeness (QED) is 0.264. The third-order valence-electron chi connectivity index (χ3n) is 3.95. The van der Waals surface area contributed by atoms with Crippen LogP contribution in [0.25, 0.3) is 0 Å². The van der Waals surface area contributed by atoms with E-state index in [1.165, 1.54) is 0 Å². The van der Waals surface area contributed by atoms with Crippen molar-refractivity contribution in [3.63, 3.8) is 0 Å². The molecule has 2 aliphatic rings. The van der Waals surface area contributed by atoms with Crippen molar-refractivity contribution >= 4 is 0 Å². The molecule has 0 unspecified atom stereocenters. The molecule has 2 fully saturated rings. The SMILES string of the molecule is OC[C@H]1O[C@H](O)[C@@H](O[C@H]2O[C@H](CF)[C@@H](O)[C@H](O)[C@@H]2O)[C@@H](O)[C@@H]1O. The van der Waals surface area contributed by atoms with Gasteiger partial charge in [0.15, 0.2) is 12.6 Å². The smallest absolute Gasteiger partial charge is 0.187 e. The Hall–Kier alpha value is -0.470. The Bertz CT molecular complexity index is 385. The van der Waals surface area contributed by atoms with Crippen molar-refractivity contribution in [3.05, 3.63) is 0 Å². The van der Waals surface area contributed by atoms with E-state index in [1.807, 2.05) is 0 Å². The molecule has 0 bridgehead atoms. The number of hydrogen-bond acceptors (Lipinski definition) is 10. The molecule has 0 aromatic carbocycles. The number of rotatable bonds is 4. The molecule has 2 heterocycles. The van der Waals surface area contributed by atoms with Crippen LogP contribution in [-0.2, 0) is 14.2 Å². The summed E-state index contributed by atoms with van der Waals surface area (Å²) in [6, 6.07) is 0. The van der Waals surface area contributed by atoms with Crippen LogP contribution in [0.5, 0.6) is 0 Å². The third kappa shape index (κ3) is 3.64. The number of halogens is 1. The van der Waals surface area contributed by atoms with E-state index in [1.54, 1.807) is 0 Å². The largest absolute Gasteiger partial charge is 0.394 e. The van der Waals surface area contributed by atoms with Gasteiger partial charge in [-0.25, -0.2) is 4.39 Å². The minimum absolute atomic E-state index is 0.667. The molecule has 136 valence electrons. The van der Waals surface area contributed by atoms with E-state index >= 15 is 0 Å². The predicted molar refractivity (Wildman–Crippen MR) is 67.5 cm³/mol. The molecular formula is C12H21FO10. The van der Waals surface area contributed by atoms with E-state index in [0.717, 1.165) is 0 Å². The van der Waals surface area contributed by atoms with Crippen molar-refractivity contribution < 1.29 is 54.3 Å². The fraction of sp³-hybridized carbons (Fsp3) is 1.00. The second-order valence-corrected chi connectivity index (χ2v) is 5.50. The van der Waals surface area contributed by atoms with Crippen LogP contribution >= 0.6 is 0 Å². The highest BCUT2D eigenvalue weighted by Crippen LogP contribution is 2.28. The van der Waals surface area contributed by atoms with Gasteiger partial charge in [0.05, 0.1) is 6.61 Å². The molecule has 0 amide bonds. The van der Waals surface area contributed by atoms with E-state index in [4.69, 9.17) is 19.3 Å². The van der Waals surface area contributed by atoms with Crippen molar-refractivity contribution in [3.8, 4) is 0 Å². The first-order chi connectivity index (χ1) is 10.8. The Morgan fingerprint density at radius 1 is 0.783 bits per heavy atom. The monoisotopic (exact) mass is 344 g/mol.